The molecule has 0 aromatic heterocycles. The SMILES string of the molecule is CC(C(=O)NC1C(C)(C)C(N)C1(C)C)S(C)(=O)=O. The second-order valence-electron chi connectivity index (χ2n) is 6.53. The smallest absolute Gasteiger partial charge is 0.238 e. The Balaban J connectivity index is 2.84. The fourth-order valence-corrected chi connectivity index (χ4v) is 3.46. The van der Waals surface area contributed by atoms with Crippen LogP contribution in [0, 0.1) is 10.8 Å². The van der Waals surface area contributed by atoms with Gasteiger partial charge in [0.25, 0.3) is 0 Å². The molecule has 0 radical (unpaired) electrons. The van der Waals surface area contributed by atoms with Crippen LogP contribution in [0.25, 0.3) is 0 Å². The fraction of sp³-hybridized carbons (Fsp3) is 0.917. The lowest BCUT2D eigenvalue weighted by atomic mass is 9.48. The summed E-state index contributed by atoms with van der Waals surface area (Å²) < 4.78 is 22.7. The summed E-state index contributed by atoms with van der Waals surface area (Å²) >= 11 is 0. The first-order chi connectivity index (χ1) is 7.83. The van der Waals surface area contributed by atoms with Crippen molar-refractivity contribution in [1.29, 1.82) is 0 Å². The van der Waals surface area contributed by atoms with Crippen LogP contribution in [0.1, 0.15) is 34.6 Å². The molecule has 0 heterocycles. The molecular formula is C12H24N2O3S. The van der Waals surface area contributed by atoms with Gasteiger partial charge in [-0.15, -0.1) is 0 Å². The summed E-state index contributed by atoms with van der Waals surface area (Å²) in [6.07, 6.45) is 1.07. The minimum absolute atomic E-state index is 0.0242. The number of hydrogen-bond acceptors (Lipinski definition) is 4. The number of carbonyl (C=O) groups excluding carboxylic acids is 1. The van der Waals surface area contributed by atoms with Gasteiger partial charge in [-0.25, -0.2) is 8.42 Å². The van der Waals surface area contributed by atoms with E-state index < -0.39 is 21.0 Å². The van der Waals surface area contributed by atoms with Gasteiger partial charge in [0.05, 0.1) is 0 Å². The zero-order valence-corrected chi connectivity index (χ0v) is 12.8. The molecule has 0 bridgehead atoms. The van der Waals surface area contributed by atoms with E-state index in [2.05, 4.69) is 5.32 Å². The zero-order valence-electron chi connectivity index (χ0n) is 11.9. The van der Waals surface area contributed by atoms with E-state index in [1.165, 1.54) is 6.92 Å². The van der Waals surface area contributed by atoms with Crippen LogP contribution < -0.4 is 11.1 Å². The van der Waals surface area contributed by atoms with Crippen LogP contribution >= 0.6 is 0 Å². The van der Waals surface area contributed by atoms with Crippen molar-refractivity contribution in [1.82, 2.24) is 5.32 Å². The Kier molecular flexibility index (Phi) is 3.60. The van der Waals surface area contributed by atoms with Crippen LogP contribution in [0.4, 0.5) is 0 Å². The Morgan fingerprint density at radius 1 is 1.22 bits per heavy atom. The van der Waals surface area contributed by atoms with Crippen LogP contribution in [-0.4, -0.2) is 37.9 Å². The van der Waals surface area contributed by atoms with Crippen molar-refractivity contribution in [3.8, 4) is 0 Å². The lowest BCUT2D eigenvalue weighted by Crippen LogP contribution is -2.76. The Morgan fingerprint density at radius 2 is 1.61 bits per heavy atom. The molecule has 1 fully saturated rings. The van der Waals surface area contributed by atoms with E-state index in [0.717, 1.165) is 6.26 Å². The molecule has 106 valence electrons. The molecule has 0 aromatic rings. The summed E-state index contributed by atoms with van der Waals surface area (Å²) in [5.74, 6) is -0.449. The first kappa shape index (κ1) is 15.4. The highest BCUT2D eigenvalue weighted by atomic mass is 32.2. The summed E-state index contributed by atoms with van der Waals surface area (Å²) in [6.45, 7) is 9.35. The van der Waals surface area contributed by atoms with E-state index in [-0.39, 0.29) is 22.9 Å². The van der Waals surface area contributed by atoms with Crippen molar-refractivity contribution in [3.05, 3.63) is 0 Å². The van der Waals surface area contributed by atoms with Crippen LogP contribution in [0.5, 0.6) is 0 Å². The maximum Gasteiger partial charge on any atom is 0.238 e. The number of sulfone groups is 1. The first-order valence-electron chi connectivity index (χ1n) is 6.07. The Morgan fingerprint density at radius 3 is 1.94 bits per heavy atom. The largest absolute Gasteiger partial charge is 0.351 e. The van der Waals surface area contributed by atoms with Gasteiger partial charge >= 0.3 is 0 Å². The molecule has 1 saturated carbocycles. The van der Waals surface area contributed by atoms with Crippen molar-refractivity contribution in [2.45, 2.75) is 52.0 Å². The van der Waals surface area contributed by atoms with Gasteiger partial charge in [-0.2, -0.15) is 0 Å². The molecule has 1 aliphatic carbocycles. The number of rotatable bonds is 3. The fourth-order valence-electron chi connectivity index (χ4n) is 3.01. The van der Waals surface area contributed by atoms with Crippen molar-refractivity contribution >= 4 is 15.7 Å². The first-order valence-corrected chi connectivity index (χ1v) is 8.03. The van der Waals surface area contributed by atoms with Gasteiger partial charge in [-0.3, -0.25) is 4.79 Å². The number of carbonyl (C=O) groups is 1. The molecule has 1 atom stereocenters. The highest BCUT2D eigenvalue weighted by Crippen LogP contribution is 2.52. The van der Waals surface area contributed by atoms with Crippen molar-refractivity contribution in [2.24, 2.45) is 16.6 Å². The second kappa shape index (κ2) is 4.20. The summed E-state index contributed by atoms with van der Waals surface area (Å²) in [5.41, 5.74) is 5.64. The van der Waals surface area contributed by atoms with Gasteiger partial charge in [0.1, 0.15) is 5.25 Å². The van der Waals surface area contributed by atoms with Gasteiger partial charge in [0, 0.05) is 29.2 Å². The molecule has 0 spiro atoms. The number of nitrogens with one attached hydrogen (secondary N) is 1. The van der Waals surface area contributed by atoms with E-state index in [1.54, 1.807) is 0 Å². The van der Waals surface area contributed by atoms with Crippen LogP contribution in [-0.2, 0) is 14.6 Å². The Hall–Kier alpha value is -0.620. The summed E-state index contributed by atoms with van der Waals surface area (Å²) in [7, 11) is -3.36. The molecule has 3 N–H and O–H groups in total. The van der Waals surface area contributed by atoms with E-state index >= 15 is 0 Å². The zero-order chi connectivity index (χ0) is 14.5. The Bertz CT molecular complexity index is 438. The van der Waals surface area contributed by atoms with Crippen LogP contribution in [0.15, 0.2) is 0 Å². The molecule has 5 nitrogen and oxygen atoms in total. The lowest BCUT2D eigenvalue weighted by molar-refractivity contribution is -0.131. The van der Waals surface area contributed by atoms with Gasteiger partial charge in [0.2, 0.25) is 5.91 Å². The highest BCUT2D eigenvalue weighted by molar-refractivity contribution is 7.92. The second-order valence-corrected chi connectivity index (χ2v) is 8.90. The van der Waals surface area contributed by atoms with Crippen LogP contribution in [0.3, 0.4) is 0 Å². The highest BCUT2D eigenvalue weighted by Gasteiger charge is 2.60. The monoisotopic (exact) mass is 276 g/mol. The Labute approximate surface area is 109 Å². The number of nitrogens with two attached hydrogens (primary N) is 1. The van der Waals surface area contributed by atoms with E-state index in [1.807, 2.05) is 27.7 Å². The third kappa shape index (κ3) is 2.28. The molecule has 0 aliphatic heterocycles. The maximum absolute atomic E-state index is 11.9. The summed E-state index contributed by atoms with van der Waals surface area (Å²) in [6, 6.07) is -0.138. The van der Waals surface area contributed by atoms with E-state index in [4.69, 9.17) is 5.73 Å². The minimum atomic E-state index is -3.36. The molecule has 1 unspecified atom stereocenters. The van der Waals surface area contributed by atoms with Gasteiger partial charge in [-0.05, 0) is 6.92 Å². The molecule has 0 aromatic carbocycles. The number of hydrogen-bond donors (Lipinski definition) is 2. The molecule has 18 heavy (non-hydrogen) atoms. The number of amides is 1. The third-order valence-corrected chi connectivity index (χ3v) is 5.89. The summed E-state index contributed by atoms with van der Waals surface area (Å²) in [4.78, 5) is 11.9. The van der Waals surface area contributed by atoms with Gasteiger partial charge in [0.15, 0.2) is 9.84 Å². The third-order valence-electron chi connectivity index (χ3n) is 4.39. The average Bonchev–Trinajstić information content (AvgIpc) is 2.21. The normalized spacial score (nSPS) is 31.3. The minimum Gasteiger partial charge on any atom is -0.351 e. The molecule has 1 amide bonds. The topological polar surface area (TPSA) is 89.3 Å². The molecular weight excluding hydrogens is 252 g/mol. The maximum atomic E-state index is 11.9. The van der Waals surface area contributed by atoms with Crippen molar-refractivity contribution in [3.63, 3.8) is 0 Å². The standard InChI is InChI=1S/C12H24N2O3S/c1-7(18(6,16)17)8(15)14-10-11(2,3)9(13)12(10,4)5/h7,9-10H,13H2,1-6H3,(H,14,15). The molecule has 1 aliphatic rings. The van der Waals surface area contributed by atoms with Gasteiger partial charge in [-0.1, -0.05) is 27.7 Å². The van der Waals surface area contributed by atoms with Crippen molar-refractivity contribution < 1.29 is 13.2 Å². The molecule has 1 rings (SSSR count). The lowest BCUT2D eigenvalue weighted by Gasteiger charge is -2.63. The molecule has 0 saturated heterocycles. The molecule has 6 heteroatoms. The quantitative estimate of drug-likeness (QED) is 0.775. The van der Waals surface area contributed by atoms with E-state index in [9.17, 15) is 13.2 Å². The predicted octanol–water partition coefficient (Wildman–Crippen LogP) is 0.298. The van der Waals surface area contributed by atoms with Crippen LogP contribution in [0.2, 0.25) is 0 Å². The van der Waals surface area contributed by atoms with Crippen molar-refractivity contribution in [2.75, 3.05) is 6.26 Å². The average molecular weight is 276 g/mol. The van der Waals surface area contributed by atoms with Gasteiger partial charge < -0.3 is 11.1 Å². The predicted molar refractivity (Wildman–Crippen MR) is 71.8 cm³/mol. The summed E-state index contributed by atoms with van der Waals surface area (Å²) in [5, 5.41) is 1.81. The van der Waals surface area contributed by atoms with E-state index in [0.29, 0.717) is 0 Å².